The molecule has 1 N–H and O–H groups in total. The third kappa shape index (κ3) is 4.25. The molecule has 0 radical (unpaired) electrons. The Hall–Kier alpha value is -1.91. The smallest absolute Gasteiger partial charge is 0.418 e. The van der Waals surface area contributed by atoms with E-state index in [2.05, 4.69) is 15.5 Å². The molecule has 12 heteroatoms. The number of rotatable bonds is 4. The SMILES string of the molecule is Cl.O=C(O)C1CCN(Cc2nnnn2-c2ccc(Cl)cc2C(F)(F)F)C1. The first-order valence-corrected chi connectivity index (χ1v) is 7.73. The maximum Gasteiger partial charge on any atom is 0.418 e. The Kier molecular flexibility index (Phi) is 6.09. The summed E-state index contributed by atoms with van der Waals surface area (Å²) in [5.74, 6) is -1.19. The summed E-state index contributed by atoms with van der Waals surface area (Å²) in [5, 5.41) is 19.9. The highest BCUT2D eigenvalue weighted by atomic mass is 35.5. The Bertz CT molecular complexity index is 799. The van der Waals surface area contributed by atoms with Gasteiger partial charge in [0.15, 0.2) is 5.82 Å². The standard InChI is InChI=1S/C14H13ClF3N5O2.ClH/c15-9-1-2-11(10(5-9)14(16,17)18)23-12(19-20-21-23)7-22-4-3-8(6-22)13(24)25;/h1-2,5,8H,3-4,6-7H2,(H,24,25);1H. The molecule has 0 bridgehead atoms. The van der Waals surface area contributed by atoms with Crippen LogP contribution in [0.15, 0.2) is 18.2 Å². The number of aromatic nitrogens is 4. The van der Waals surface area contributed by atoms with Gasteiger partial charge in [-0.3, -0.25) is 9.69 Å². The molecule has 26 heavy (non-hydrogen) atoms. The van der Waals surface area contributed by atoms with E-state index in [1.807, 2.05) is 0 Å². The minimum Gasteiger partial charge on any atom is -0.481 e. The molecule has 1 aliphatic rings. The van der Waals surface area contributed by atoms with Crippen LogP contribution in [0, 0.1) is 5.92 Å². The monoisotopic (exact) mass is 411 g/mol. The van der Waals surface area contributed by atoms with Crippen molar-refractivity contribution in [2.75, 3.05) is 13.1 Å². The van der Waals surface area contributed by atoms with Crippen LogP contribution in [-0.2, 0) is 17.5 Å². The molecule has 1 fully saturated rings. The molecule has 1 aromatic heterocycles. The molecular formula is C14H14Cl2F3N5O2. The highest BCUT2D eigenvalue weighted by Gasteiger charge is 2.35. The first kappa shape index (κ1) is 20.4. The van der Waals surface area contributed by atoms with Crippen LogP contribution in [0.4, 0.5) is 13.2 Å². The summed E-state index contributed by atoms with van der Waals surface area (Å²) in [6.07, 6.45) is -4.14. The van der Waals surface area contributed by atoms with Gasteiger partial charge in [-0.2, -0.15) is 17.9 Å². The highest BCUT2D eigenvalue weighted by Crippen LogP contribution is 2.35. The number of carboxylic acids is 1. The molecule has 0 saturated carbocycles. The number of nitrogens with zero attached hydrogens (tertiary/aromatic N) is 5. The number of aliphatic carboxylic acids is 1. The lowest BCUT2D eigenvalue weighted by Gasteiger charge is -2.17. The summed E-state index contributed by atoms with van der Waals surface area (Å²) in [5.41, 5.74) is -1.18. The number of likely N-dealkylation sites (tertiary alicyclic amines) is 1. The average molecular weight is 412 g/mol. The number of alkyl halides is 3. The van der Waals surface area contributed by atoms with Crippen molar-refractivity contribution in [3.63, 3.8) is 0 Å². The molecular weight excluding hydrogens is 398 g/mol. The van der Waals surface area contributed by atoms with Gasteiger partial charge in [0.2, 0.25) is 0 Å². The van der Waals surface area contributed by atoms with Crippen molar-refractivity contribution in [2.24, 2.45) is 5.92 Å². The summed E-state index contributed by atoms with van der Waals surface area (Å²) < 4.78 is 40.8. The van der Waals surface area contributed by atoms with Crippen molar-refractivity contribution in [1.29, 1.82) is 0 Å². The molecule has 1 atom stereocenters. The second-order valence-corrected chi connectivity index (χ2v) is 6.16. The number of carboxylic acid groups (broad SMARTS) is 1. The van der Waals surface area contributed by atoms with Gasteiger partial charge in [0.25, 0.3) is 0 Å². The maximum atomic E-state index is 13.3. The van der Waals surface area contributed by atoms with Crippen LogP contribution in [-0.4, -0.2) is 49.3 Å². The molecule has 1 aliphatic heterocycles. The van der Waals surface area contributed by atoms with Gasteiger partial charge in [-0.15, -0.1) is 17.5 Å². The Labute approximate surface area is 157 Å². The molecule has 1 saturated heterocycles. The Morgan fingerprint density at radius 3 is 2.73 bits per heavy atom. The van der Waals surface area contributed by atoms with Crippen LogP contribution < -0.4 is 0 Å². The van der Waals surface area contributed by atoms with Crippen LogP contribution in [0.3, 0.4) is 0 Å². The van der Waals surface area contributed by atoms with E-state index in [9.17, 15) is 18.0 Å². The molecule has 3 rings (SSSR count). The van der Waals surface area contributed by atoms with E-state index in [4.69, 9.17) is 16.7 Å². The summed E-state index contributed by atoms with van der Waals surface area (Å²) in [4.78, 5) is 12.8. The number of halogens is 5. The van der Waals surface area contributed by atoms with Crippen LogP contribution in [0.5, 0.6) is 0 Å². The van der Waals surface area contributed by atoms with E-state index in [-0.39, 0.29) is 35.5 Å². The van der Waals surface area contributed by atoms with Gasteiger partial charge in [0.05, 0.1) is 23.7 Å². The minimum absolute atomic E-state index is 0. The summed E-state index contributed by atoms with van der Waals surface area (Å²) >= 11 is 5.68. The number of tetrazole rings is 1. The van der Waals surface area contributed by atoms with Gasteiger partial charge in [0.1, 0.15) is 0 Å². The van der Waals surface area contributed by atoms with Gasteiger partial charge in [0, 0.05) is 11.6 Å². The molecule has 0 amide bonds. The van der Waals surface area contributed by atoms with E-state index in [1.165, 1.54) is 12.1 Å². The number of hydrogen-bond acceptors (Lipinski definition) is 5. The maximum absolute atomic E-state index is 13.3. The molecule has 0 aliphatic carbocycles. The Morgan fingerprint density at radius 2 is 2.12 bits per heavy atom. The third-order valence-corrected chi connectivity index (χ3v) is 4.25. The zero-order chi connectivity index (χ0) is 18.2. The summed E-state index contributed by atoms with van der Waals surface area (Å²) in [6, 6.07) is 3.35. The first-order valence-electron chi connectivity index (χ1n) is 7.35. The molecule has 0 spiro atoms. The lowest BCUT2D eigenvalue weighted by atomic mass is 10.1. The van der Waals surface area contributed by atoms with Gasteiger partial charge in [-0.25, -0.2) is 0 Å². The number of carbonyl (C=O) groups is 1. The fourth-order valence-electron chi connectivity index (χ4n) is 2.79. The molecule has 2 aromatic rings. The van der Waals surface area contributed by atoms with Crippen molar-refractivity contribution in [3.8, 4) is 5.69 Å². The van der Waals surface area contributed by atoms with Crippen LogP contribution in [0.1, 0.15) is 17.8 Å². The zero-order valence-electron chi connectivity index (χ0n) is 13.1. The third-order valence-electron chi connectivity index (χ3n) is 4.01. The van der Waals surface area contributed by atoms with Crippen LogP contribution in [0.2, 0.25) is 5.02 Å². The van der Waals surface area contributed by atoms with Crippen molar-refractivity contribution in [1.82, 2.24) is 25.1 Å². The Balaban J connectivity index is 0.00000243. The summed E-state index contributed by atoms with van der Waals surface area (Å²) in [6.45, 7) is 0.961. The van der Waals surface area contributed by atoms with Gasteiger partial charge in [-0.05, 0) is 41.6 Å². The lowest BCUT2D eigenvalue weighted by molar-refractivity contribution is -0.141. The highest BCUT2D eigenvalue weighted by molar-refractivity contribution is 6.30. The topological polar surface area (TPSA) is 84.1 Å². The summed E-state index contributed by atoms with van der Waals surface area (Å²) in [7, 11) is 0. The van der Waals surface area contributed by atoms with E-state index in [0.717, 1.165) is 10.7 Å². The second-order valence-electron chi connectivity index (χ2n) is 5.73. The number of benzene rings is 1. The van der Waals surface area contributed by atoms with Crippen LogP contribution in [0.25, 0.3) is 5.69 Å². The second kappa shape index (κ2) is 7.77. The molecule has 1 aromatic carbocycles. The predicted octanol–water partition coefficient (Wildman–Crippen LogP) is 2.66. The fraction of sp³-hybridized carbons (Fsp3) is 0.429. The quantitative estimate of drug-likeness (QED) is 0.832. The lowest BCUT2D eigenvalue weighted by Crippen LogP contribution is -2.25. The fourth-order valence-corrected chi connectivity index (χ4v) is 2.96. The van der Waals surface area contributed by atoms with Crippen LogP contribution >= 0.6 is 24.0 Å². The number of hydrogen-bond donors (Lipinski definition) is 1. The van der Waals surface area contributed by atoms with Gasteiger partial charge >= 0.3 is 12.1 Å². The molecule has 2 heterocycles. The van der Waals surface area contributed by atoms with Gasteiger partial charge in [-0.1, -0.05) is 11.6 Å². The van der Waals surface area contributed by atoms with Crippen molar-refractivity contribution in [3.05, 3.63) is 34.6 Å². The van der Waals surface area contributed by atoms with E-state index in [0.29, 0.717) is 19.5 Å². The average Bonchev–Trinajstić information content (AvgIpc) is 3.16. The zero-order valence-corrected chi connectivity index (χ0v) is 14.7. The van der Waals surface area contributed by atoms with E-state index in [1.54, 1.807) is 4.90 Å². The van der Waals surface area contributed by atoms with Crippen molar-refractivity contribution >= 4 is 30.0 Å². The first-order chi connectivity index (χ1) is 11.8. The molecule has 1 unspecified atom stereocenters. The molecule has 7 nitrogen and oxygen atoms in total. The van der Waals surface area contributed by atoms with E-state index >= 15 is 0 Å². The Morgan fingerprint density at radius 1 is 1.38 bits per heavy atom. The minimum atomic E-state index is -4.62. The predicted molar refractivity (Wildman–Crippen MR) is 87.4 cm³/mol. The van der Waals surface area contributed by atoms with E-state index < -0.39 is 23.6 Å². The largest absolute Gasteiger partial charge is 0.481 e. The van der Waals surface area contributed by atoms with Crippen molar-refractivity contribution in [2.45, 2.75) is 19.1 Å². The molecule has 142 valence electrons. The normalized spacial score (nSPS) is 17.9. The van der Waals surface area contributed by atoms with Gasteiger partial charge < -0.3 is 5.11 Å². The van der Waals surface area contributed by atoms with Crippen molar-refractivity contribution < 1.29 is 23.1 Å².